The summed E-state index contributed by atoms with van der Waals surface area (Å²) in [5.41, 5.74) is 7.78. The van der Waals surface area contributed by atoms with Gasteiger partial charge in [-0.25, -0.2) is 9.18 Å². The number of nitrogens with two attached hydrogens (primary N) is 1. The largest absolute Gasteiger partial charge is 0.399 e. The maximum atomic E-state index is 13.9. The fourth-order valence-corrected chi connectivity index (χ4v) is 2.22. The summed E-state index contributed by atoms with van der Waals surface area (Å²) in [4.78, 5) is 13.2. The van der Waals surface area contributed by atoms with Crippen LogP contribution in [0.1, 0.15) is 11.1 Å². The number of aryl methyl sites for hydroxylation is 1. The Morgan fingerprint density at radius 2 is 2.00 bits per heavy atom. The van der Waals surface area contributed by atoms with Crippen molar-refractivity contribution >= 4 is 5.69 Å². The van der Waals surface area contributed by atoms with Crippen LogP contribution in [-0.4, -0.2) is 19.8 Å². The van der Waals surface area contributed by atoms with Crippen molar-refractivity contribution in [1.29, 1.82) is 0 Å². The number of rotatable bonds is 3. The van der Waals surface area contributed by atoms with Crippen LogP contribution in [0.4, 0.5) is 10.1 Å². The number of anilines is 1. The normalized spacial score (nSPS) is 10.8. The van der Waals surface area contributed by atoms with Crippen LogP contribution in [0.15, 0.2) is 47.3 Å². The highest BCUT2D eigenvalue weighted by molar-refractivity contribution is 5.47. The monoisotopic (exact) mass is 299 g/mol. The molecule has 0 aliphatic rings. The third kappa shape index (κ3) is 2.48. The van der Waals surface area contributed by atoms with Crippen molar-refractivity contribution < 1.29 is 4.39 Å². The van der Waals surface area contributed by atoms with E-state index in [1.165, 1.54) is 16.9 Å². The van der Waals surface area contributed by atoms with Gasteiger partial charge < -0.3 is 5.73 Å². The molecule has 0 aliphatic heterocycles. The molecule has 3 aromatic rings. The van der Waals surface area contributed by atoms with Crippen LogP contribution >= 0.6 is 0 Å². The summed E-state index contributed by atoms with van der Waals surface area (Å²) in [5.74, 6) is -0.512. The summed E-state index contributed by atoms with van der Waals surface area (Å²) in [5, 5.41) is 7.30. The van der Waals surface area contributed by atoms with Crippen LogP contribution in [0.25, 0.3) is 5.69 Å². The predicted octanol–water partition coefficient (Wildman–Crippen LogP) is 1.51. The molecule has 0 spiro atoms. The first-order valence-electron chi connectivity index (χ1n) is 6.69. The molecule has 3 rings (SSSR count). The maximum absolute atomic E-state index is 13.9. The Labute approximate surface area is 125 Å². The Bertz CT molecular complexity index is 884. The van der Waals surface area contributed by atoms with E-state index in [0.29, 0.717) is 5.69 Å². The van der Waals surface area contributed by atoms with Gasteiger partial charge >= 0.3 is 5.69 Å². The highest BCUT2D eigenvalue weighted by atomic mass is 19.1. The lowest BCUT2D eigenvalue weighted by molar-refractivity contribution is 0.496. The standard InChI is InChI=1S/C15H14FN5O/c1-10-8-11(6-7-13(10)17)9-20-19-18-15(22)21(20)14-5-3-2-4-12(14)16/h2-8H,9,17H2,1H3. The van der Waals surface area contributed by atoms with Crippen LogP contribution in [0.3, 0.4) is 0 Å². The number of hydrogen-bond acceptors (Lipinski definition) is 4. The van der Waals surface area contributed by atoms with Gasteiger partial charge in [0.25, 0.3) is 0 Å². The van der Waals surface area contributed by atoms with Gasteiger partial charge in [0, 0.05) is 5.69 Å². The van der Waals surface area contributed by atoms with Gasteiger partial charge in [-0.15, -0.1) is 0 Å². The fourth-order valence-electron chi connectivity index (χ4n) is 2.22. The number of halogens is 1. The zero-order valence-corrected chi connectivity index (χ0v) is 11.9. The van der Waals surface area contributed by atoms with Crippen molar-refractivity contribution in [3.05, 3.63) is 69.9 Å². The molecule has 22 heavy (non-hydrogen) atoms. The first-order valence-corrected chi connectivity index (χ1v) is 6.69. The average Bonchev–Trinajstić information content (AvgIpc) is 2.84. The lowest BCUT2D eigenvalue weighted by Gasteiger charge is -2.10. The molecule has 7 heteroatoms. The Morgan fingerprint density at radius 1 is 1.23 bits per heavy atom. The number of benzene rings is 2. The second kappa shape index (κ2) is 5.44. The van der Waals surface area contributed by atoms with Crippen LogP contribution in [0.2, 0.25) is 0 Å². The molecule has 0 unspecified atom stereocenters. The van der Waals surface area contributed by atoms with E-state index >= 15 is 0 Å². The molecule has 112 valence electrons. The molecule has 0 radical (unpaired) electrons. The summed E-state index contributed by atoms with van der Waals surface area (Å²) in [6.07, 6.45) is 0. The van der Waals surface area contributed by atoms with Gasteiger partial charge in [0.15, 0.2) is 0 Å². The van der Waals surface area contributed by atoms with Gasteiger partial charge in [0.2, 0.25) is 0 Å². The van der Waals surface area contributed by atoms with Gasteiger partial charge in [-0.3, -0.25) is 0 Å². The van der Waals surface area contributed by atoms with E-state index in [9.17, 15) is 9.18 Å². The molecule has 0 fully saturated rings. The van der Waals surface area contributed by atoms with E-state index in [2.05, 4.69) is 10.3 Å². The third-order valence-electron chi connectivity index (χ3n) is 3.38. The summed E-state index contributed by atoms with van der Waals surface area (Å²) < 4.78 is 15.0. The van der Waals surface area contributed by atoms with Crippen LogP contribution in [-0.2, 0) is 6.54 Å². The van der Waals surface area contributed by atoms with Crippen molar-refractivity contribution in [3.63, 3.8) is 0 Å². The number of nitrogen functional groups attached to an aromatic ring is 1. The minimum atomic E-state index is -0.628. The molecule has 0 aliphatic carbocycles. The zero-order chi connectivity index (χ0) is 15.7. The van der Waals surface area contributed by atoms with Crippen LogP contribution in [0, 0.1) is 12.7 Å². The van der Waals surface area contributed by atoms with Gasteiger partial charge in [0.05, 0.1) is 6.54 Å². The summed E-state index contributed by atoms with van der Waals surface area (Å²) >= 11 is 0. The Balaban J connectivity index is 2.04. The lowest BCUT2D eigenvalue weighted by atomic mass is 10.1. The molecular formula is C15H14FN5O. The molecule has 1 heterocycles. The minimum absolute atomic E-state index is 0.115. The number of hydrogen-bond donors (Lipinski definition) is 1. The molecule has 6 nitrogen and oxygen atoms in total. The van der Waals surface area contributed by atoms with Crippen molar-refractivity contribution in [3.8, 4) is 5.69 Å². The van der Waals surface area contributed by atoms with Crippen molar-refractivity contribution in [2.45, 2.75) is 13.5 Å². The average molecular weight is 299 g/mol. The number of tetrazole rings is 1. The Morgan fingerprint density at radius 3 is 2.73 bits per heavy atom. The van der Waals surface area contributed by atoms with Crippen molar-refractivity contribution in [2.75, 3.05) is 5.73 Å². The molecule has 2 N–H and O–H groups in total. The van der Waals surface area contributed by atoms with Gasteiger partial charge in [-0.1, -0.05) is 29.4 Å². The smallest absolute Gasteiger partial charge is 0.388 e. The molecule has 2 aromatic carbocycles. The lowest BCUT2D eigenvalue weighted by Crippen LogP contribution is -2.23. The zero-order valence-electron chi connectivity index (χ0n) is 11.9. The number of aromatic nitrogens is 4. The van der Waals surface area contributed by atoms with Crippen molar-refractivity contribution in [2.24, 2.45) is 0 Å². The van der Waals surface area contributed by atoms with Gasteiger partial charge in [0.1, 0.15) is 11.5 Å². The third-order valence-corrected chi connectivity index (χ3v) is 3.38. The highest BCUT2D eigenvalue weighted by Gasteiger charge is 2.13. The molecule has 0 bridgehead atoms. The number of nitrogens with zero attached hydrogens (tertiary/aromatic N) is 4. The molecule has 0 amide bonds. The molecule has 0 saturated carbocycles. The Kier molecular flexibility index (Phi) is 3.46. The number of para-hydroxylation sites is 1. The van der Waals surface area contributed by atoms with E-state index in [-0.39, 0.29) is 12.2 Å². The maximum Gasteiger partial charge on any atom is 0.388 e. The van der Waals surface area contributed by atoms with Gasteiger partial charge in [-0.2, -0.15) is 9.48 Å². The summed E-state index contributed by atoms with van der Waals surface area (Å²) in [7, 11) is 0. The molecule has 0 atom stereocenters. The van der Waals surface area contributed by atoms with Gasteiger partial charge in [-0.05, 0) is 41.5 Å². The van der Waals surface area contributed by atoms with Crippen LogP contribution in [0.5, 0.6) is 0 Å². The summed E-state index contributed by atoms with van der Waals surface area (Å²) in [6.45, 7) is 2.18. The second-order valence-electron chi connectivity index (χ2n) is 4.96. The molecule has 0 saturated heterocycles. The fraction of sp³-hybridized carbons (Fsp3) is 0.133. The Hall–Kier alpha value is -2.96. The predicted molar refractivity (Wildman–Crippen MR) is 80.3 cm³/mol. The quantitative estimate of drug-likeness (QED) is 0.743. The first kappa shape index (κ1) is 14.0. The van der Waals surface area contributed by atoms with E-state index in [4.69, 9.17) is 5.73 Å². The van der Waals surface area contributed by atoms with Crippen LogP contribution < -0.4 is 11.4 Å². The van der Waals surface area contributed by atoms with Crippen molar-refractivity contribution in [1.82, 2.24) is 19.8 Å². The van der Waals surface area contributed by atoms with E-state index in [1.54, 1.807) is 18.2 Å². The summed E-state index contributed by atoms with van der Waals surface area (Å²) in [6, 6.07) is 11.5. The SMILES string of the molecule is Cc1cc(Cn2nnc(=O)n2-c2ccccc2F)ccc1N. The minimum Gasteiger partial charge on any atom is -0.399 e. The molecular weight excluding hydrogens is 285 g/mol. The van der Waals surface area contributed by atoms with E-state index in [0.717, 1.165) is 15.8 Å². The topological polar surface area (TPSA) is 78.7 Å². The van der Waals surface area contributed by atoms with E-state index in [1.807, 2.05) is 19.1 Å². The first-order chi connectivity index (χ1) is 10.6. The molecule has 1 aromatic heterocycles. The van der Waals surface area contributed by atoms with E-state index < -0.39 is 11.5 Å². The highest BCUT2D eigenvalue weighted by Crippen LogP contribution is 2.14. The second-order valence-corrected chi connectivity index (χ2v) is 4.96.